The van der Waals surface area contributed by atoms with Gasteiger partial charge in [0, 0.05) is 26.2 Å². The zero-order valence-corrected chi connectivity index (χ0v) is 22.7. The van der Waals surface area contributed by atoms with E-state index in [1.807, 2.05) is 0 Å². The van der Waals surface area contributed by atoms with Gasteiger partial charge in [0.15, 0.2) is 0 Å². The van der Waals surface area contributed by atoms with Crippen molar-refractivity contribution in [2.45, 2.75) is 52.4 Å². The Bertz CT molecular complexity index is 663. The molecule has 0 fully saturated rings. The van der Waals surface area contributed by atoms with Gasteiger partial charge in [0.25, 0.3) is 0 Å². The summed E-state index contributed by atoms with van der Waals surface area (Å²) in [5.41, 5.74) is 2.79. The van der Waals surface area contributed by atoms with E-state index in [0.29, 0.717) is 0 Å². The fourth-order valence-electron chi connectivity index (χ4n) is 3.94. The molecule has 0 bridgehead atoms. The van der Waals surface area contributed by atoms with Crippen LogP contribution in [0.25, 0.3) is 0 Å². The molecule has 2 aromatic rings. The third-order valence-electron chi connectivity index (χ3n) is 5.00. The van der Waals surface area contributed by atoms with Crippen LogP contribution in [-0.2, 0) is 17.8 Å². The normalized spacial score (nSPS) is 12.6. The maximum atomic E-state index is 6.15. The molecule has 2 aromatic carbocycles. The predicted octanol–water partition coefficient (Wildman–Crippen LogP) is 5.76. The van der Waals surface area contributed by atoms with Crippen molar-refractivity contribution >= 4 is 16.1 Å². The number of rotatable bonds is 14. The molecule has 0 aliphatic rings. The molecule has 2 rings (SSSR count). The average molecular weight is 457 g/mol. The second-order valence-corrected chi connectivity index (χ2v) is 22.0. The highest BCUT2D eigenvalue weighted by atomic mass is 28.3. The van der Waals surface area contributed by atoms with Crippen molar-refractivity contribution in [2.24, 2.45) is 0 Å². The lowest BCUT2D eigenvalue weighted by molar-refractivity contribution is 0.0870. The van der Waals surface area contributed by atoms with Crippen LogP contribution < -0.4 is 0 Å². The molecule has 0 aromatic heterocycles. The molecular weight excluding hydrogens is 412 g/mol. The van der Waals surface area contributed by atoms with Gasteiger partial charge in [0.1, 0.15) is 0 Å². The Kier molecular flexibility index (Phi) is 10.7. The second kappa shape index (κ2) is 12.7. The van der Waals surface area contributed by atoms with Gasteiger partial charge in [-0.25, -0.2) is 0 Å². The van der Waals surface area contributed by atoms with Gasteiger partial charge in [0.05, 0.1) is 29.4 Å². The van der Waals surface area contributed by atoms with Gasteiger partial charge in [-0.05, 0) is 23.5 Å². The van der Waals surface area contributed by atoms with E-state index in [4.69, 9.17) is 4.74 Å². The highest BCUT2D eigenvalue weighted by Crippen LogP contribution is 2.11. The topological polar surface area (TPSA) is 15.7 Å². The van der Waals surface area contributed by atoms with Crippen LogP contribution in [0, 0.1) is 0 Å². The maximum Gasteiger partial charge on any atom is 0.0599 e. The van der Waals surface area contributed by atoms with Crippen LogP contribution in [0.1, 0.15) is 11.1 Å². The Morgan fingerprint density at radius 2 is 0.935 bits per heavy atom. The molecule has 0 saturated carbocycles. The van der Waals surface area contributed by atoms with Crippen LogP contribution >= 0.6 is 0 Å². The van der Waals surface area contributed by atoms with Gasteiger partial charge in [-0.3, -0.25) is 9.80 Å². The Balaban J connectivity index is 1.82. The Morgan fingerprint density at radius 1 is 0.581 bits per heavy atom. The second-order valence-electron chi connectivity index (χ2n) is 11.1. The third-order valence-corrected chi connectivity index (χ3v) is 7.79. The zero-order valence-electron chi connectivity index (χ0n) is 20.7. The van der Waals surface area contributed by atoms with Crippen LogP contribution in [0.3, 0.4) is 0 Å². The maximum absolute atomic E-state index is 6.15. The lowest BCUT2D eigenvalue weighted by Crippen LogP contribution is -2.42. The van der Waals surface area contributed by atoms with E-state index in [0.717, 1.165) is 39.4 Å². The average Bonchev–Trinajstić information content (AvgIpc) is 2.66. The van der Waals surface area contributed by atoms with Crippen LogP contribution in [0.2, 0.25) is 39.3 Å². The highest BCUT2D eigenvalue weighted by Gasteiger charge is 2.20. The van der Waals surface area contributed by atoms with E-state index in [1.54, 1.807) is 0 Å². The van der Waals surface area contributed by atoms with Gasteiger partial charge in [-0.1, -0.05) is 99.9 Å². The van der Waals surface area contributed by atoms with Crippen molar-refractivity contribution in [1.82, 2.24) is 9.80 Å². The van der Waals surface area contributed by atoms with Gasteiger partial charge >= 0.3 is 0 Å². The number of nitrogens with zero attached hydrogens (tertiary/aromatic N) is 2. The summed E-state index contributed by atoms with van der Waals surface area (Å²) in [6.07, 6.45) is 2.42. The van der Waals surface area contributed by atoms with Gasteiger partial charge in [0.2, 0.25) is 0 Å². The Morgan fingerprint density at radius 3 is 1.26 bits per heavy atom. The van der Waals surface area contributed by atoms with Crippen molar-refractivity contribution in [2.75, 3.05) is 38.6 Å². The first-order chi connectivity index (χ1) is 14.6. The molecule has 0 amide bonds. The molecule has 0 spiro atoms. The molecule has 5 heteroatoms. The van der Waals surface area contributed by atoms with Gasteiger partial charge in [-0.15, -0.1) is 0 Å². The van der Waals surface area contributed by atoms with Crippen LogP contribution in [0.4, 0.5) is 0 Å². The Hall–Kier alpha value is -1.25. The summed E-state index contributed by atoms with van der Waals surface area (Å²) in [7, 11) is -2.33. The van der Waals surface area contributed by atoms with E-state index < -0.39 is 16.1 Å². The first-order valence-electron chi connectivity index (χ1n) is 11.7. The number of hydrogen-bond donors (Lipinski definition) is 0. The summed E-state index contributed by atoms with van der Waals surface area (Å²) < 4.78 is 6.15. The molecule has 0 heterocycles. The molecule has 0 atom stereocenters. The van der Waals surface area contributed by atoms with Crippen LogP contribution in [0.15, 0.2) is 60.7 Å². The quantitative estimate of drug-likeness (QED) is 0.265. The number of hydrogen-bond acceptors (Lipinski definition) is 3. The summed E-state index contributed by atoms with van der Waals surface area (Å²) in [6.45, 7) is 20.4. The fourth-order valence-corrected chi connectivity index (χ4v) is 7.17. The summed E-state index contributed by atoms with van der Waals surface area (Å²) in [5, 5.41) is 0. The molecule has 0 N–H and O–H groups in total. The van der Waals surface area contributed by atoms with Gasteiger partial charge in [-0.2, -0.15) is 0 Å². The molecule has 0 radical (unpaired) electrons. The standard InChI is InChI=1S/C26H44N2OSi2/c1-30(2,3)23-27(21-25-13-9-7-10-14-25)17-19-29-20-18-28(24-31(4,5)6)22-26-15-11-8-12-16-26/h7-16H,17-24H2,1-6H3. The largest absolute Gasteiger partial charge is 0.379 e. The summed E-state index contributed by atoms with van der Waals surface area (Å²) in [5.74, 6) is 0. The van der Waals surface area contributed by atoms with Gasteiger partial charge < -0.3 is 4.74 Å². The lowest BCUT2D eigenvalue weighted by atomic mass is 10.2. The SMILES string of the molecule is C[Si](C)(C)CN(CCOCCN(Cc1ccccc1)C[Si](C)(C)C)Cc1ccccc1. The lowest BCUT2D eigenvalue weighted by Gasteiger charge is -2.30. The van der Waals surface area contributed by atoms with Crippen LogP contribution in [0.5, 0.6) is 0 Å². The summed E-state index contributed by atoms with van der Waals surface area (Å²) >= 11 is 0. The first-order valence-corrected chi connectivity index (χ1v) is 19.1. The number of ether oxygens (including phenoxy) is 1. The molecule has 0 unspecified atom stereocenters. The fraction of sp³-hybridized carbons (Fsp3) is 0.538. The van der Waals surface area contributed by atoms with E-state index in [1.165, 1.54) is 23.5 Å². The third kappa shape index (κ3) is 12.4. The predicted molar refractivity (Wildman–Crippen MR) is 141 cm³/mol. The van der Waals surface area contributed by atoms with Crippen molar-refractivity contribution in [3.05, 3.63) is 71.8 Å². The molecule has 0 saturated heterocycles. The van der Waals surface area contributed by atoms with E-state index in [9.17, 15) is 0 Å². The monoisotopic (exact) mass is 456 g/mol. The molecular formula is C26H44N2OSi2. The summed E-state index contributed by atoms with van der Waals surface area (Å²) in [4.78, 5) is 5.18. The summed E-state index contributed by atoms with van der Waals surface area (Å²) in [6, 6.07) is 21.7. The van der Waals surface area contributed by atoms with Crippen molar-refractivity contribution < 1.29 is 4.74 Å². The van der Waals surface area contributed by atoms with E-state index >= 15 is 0 Å². The highest BCUT2D eigenvalue weighted by molar-refractivity contribution is 6.76. The number of benzene rings is 2. The molecule has 172 valence electrons. The minimum Gasteiger partial charge on any atom is -0.379 e. The van der Waals surface area contributed by atoms with Crippen LogP contribution in [-0.4, -0.2) is 64.6 Å². The minimum absolute atomic E-state index is 0.809. The first kappa shape index (κ1) is 26.0. The zero-order chi connectivity index (χ0) is 22.7. The molecule has 0 aliphatic heterocycles. The van der Waals surface area contributed by atoms with Crippen molar-refractivity contribution in [3.63, 3.8) is 0 Å². The molecule has 31 heavy (non-hydrogen) atoms. The smallest absolute Gasteiger partial charge is 0.0599 e. The van der Waals surface area contributed by atoms with E-state index in [-0.39, 0.29) is 0 Å². The Labute approximate surface area is 193 Å². The van der Waals surface area contributed by atoms with Crippen molar-refractivity contribution in [1.29, 1.82) is 0 Å². The molecule has 3 nitrogen and oxygen atoms in total. The van der Waals surface area contributed by atoms with Crippen molar-refractivity contribution in [3.8, 4) is 0 Å². The minimum atomic E-state index is -1.16. The molecule has 0 aliphatic carbocycles. The van der Waals surface area contributed by atoms with E-state index in [2.05, 4.69) is 110 Å².